The summed E-state index contributed by atoms with van der Waals surface area (Å²) < 4.78 is 1.35. The lowest BCUT2D eigenvalue weighted by molar-refractivity contribution is 1.75. The van der Waals surface area contributed by atoms with Gasteiger partial charge in [-0.1, -0.05) is 60.7 Å². The maximum absolute atomic E-state index is 2.32. The van der Waals surface area contributed by atoms with Gasteiger partial charge in [-0.25, -0.2) is 0 Å². The third-order valence-electron chi connectivity index (χ3n) is 4.44. The average Bonchev–Trinajstić information content (AvgIpc) is 3.03. The number of hydrogen-bond acceptors (Lipinski definition) is 1. The molecule has 0 saturated carbocycles. The Bertz CT molecular complexity index is 1130. The molecule has 0 aliphatic rings. The second-order valence-electron chi connectivity index (χ2n) is 5.87. The lowest BCUT2D eigenvalue weighted by Gasteiger charge is -2.07. The van der Waals surface area contributed by atoms with Crippen molar-refractivity contribution < 1.29 is 0 Å². The van der Waals surface area contributed by atoms with E-state index in [-0.39, 0.29) is 0 Å². The van der Waals surface area contributed by atoms with Crippen LogP contribution in [0.15, 0.2) is 84.9 Å². The van der Waals surface area contributed by atoms with Gasteiger partial charge in [-0.15, -0.1) is 11.3 Å². The molecule has 0 nitrogen and oxygen atoms in total. The molecule has 5 aromatic rings. The Kier molecular flexibility index (Phi) is 2.76. The highest BCUT2D eigenvalue weighted by Gasteiger charge is 2.08. The highest BCUT2D eigenvalue weighted by Crippen LogP contribution is 2.38. The topological polar surface area (TPSA) is 0 Å². The lowest BCUT2D eigenvalue weighted by Crippen LogP contribution is -1.80. The fourth-order valence-corrected chi connectivity index (χ4v) is 4.40. The Morgan fingerprint density at radius 2 is 1.22 bits per heavy atom. The molecule has 23 heavy (non-hydrogen) atoms. The number of benzene rings is 4. The van der Waals surface area contributed by atoms with E-state index in [1.165, 1.54) is 42.1 Å². The van der Waals surface area contributed by atoms with Crippen molar-refractivity contribution in [2.24, 2.45) is 0 Å². The second-order valence-corrected chi connectivity index (χ2v) is 6.96. The number of rotatable bonds is 1. The zero-order chi connectivity index (χ0) is 15.2. The van der Waals surface area contributed by atoms with Gasteiger partial charge >= 0.3 is 0 Å². The number of fused-ring (bicyclic) bond motifs is 3. The molecule has 0 bridgehead atoms. The average molecular weight is 310 g/mol. The third-order valence-corrected chi connectivity index (χ3v) is 5.59. The van der Waals surface area contributed by atoms with Gasteiger partial charge < -0.3 is 0 Å². The minimum Gasteiger partial charge on any atom is -0.135 e. The minimum absolute atomic E-state index is 1.30. The van der Waals surface area contributed by atoms with Crippen molar-refractivity contribution in [1.82, 2.24) is 0 Å². The van der Waals surface area contributed by atoms with Gasteiger partial charge in [0.05, 0.1) is 0 Å². The van der Waals surface area contributed by atoms with Crippen molar-refractivity contribution in [1.29, 1.82) is 0 Å². The smallest absolute Gasteiger partial charge is 0.0361 e. The zero-order valence-corrected chi connectivity index (χ0v) is 13.3. The second kappa shape index (κ2) is 4.94. The fraction of sp³-hybridized carbons (Fsp3) is 0. The molecular weight excluding hydrogens is 296 g/mol. The van der Waals surface area contributed by atoms with E-state index in [1.54, 1.807) is 0 Å². The molecule has 0 aliphatic carbocycles. The molecule has 108 valence electrons. The first kappa shape index (κ1) is 12.9. The zero-order valence-electron chi connectivity index (χ0n) is 12.5. The normalized spacial score (nSPS) is 11.5. The van der Waals surface area contributed by atoms with Gasteiger partial charge in [0.2, 0.25) is 0 Å². The Morgan fingerprint density at radius 1 is 0.522 bits per heavy atom. The van der Waals surface area contributed by atoms with Crippen LogP contribution in [-0.4, -0.2) is 0 Å². The molecular formula is C22H14S. The summed E-state index contributed by atoms with van der Waals surface area (Å²) in [6, 6.07) is 30.7. The van der Waals surface area contributed by atoms with Gasteiger partial charge in [-0.05, 0) is 56.8 Å². The highest BCUT2D eigenvalue weighted by molar-refractivity contribution is 7.22. The van der Waals surface area contributed by atoms with Crippen LogP contribution in [0.25, 0.3) is 42.1 Å². The standard InChI is InChI=1S/C22H14S/c1-2-7-16-13-20-17(12-15(16)6-1)9-5-10-19(20)22-14-18-8-3-4-11-21(18)23-22/h1-14H. The summed E-state index contributed by atoms with van der Waals surface area (Å²) in [6.45, 7) is 0. The molecule has 0 fully saturated rings. The highest BCUT2D eigenvalue weighted by atomic mass is 32.1. The summed E-state index contributed by atoms with van der Waals surface area (Å²) >= 11 is 1.87. The van der Waals surface area contributed by atoms with Crippen LogP contribution in [0.3, 0.4) is 0 Å². The molecule has 0 amide bonds. The van der Waals surface area contributed by atoms with E-state index in [2.05, 4.69) is 84.9 Å². The van der Waals surface area contributed by atoms with E-state index < -0.39 is 0 Å². The van der Waals surface area contributed by atoms with Crippen molar-refractivity contribution in [3.05, 3.63) is 84.9 Å². The van der Waals surface area contributed by atoms with Crippen molar-refractivity contribution in [2.45, 2.75) is 0 Å². The Hall–Kier alpha value is -2.64. The van der Waals surface area contributed by atoms with E-state index >= 15 is 0 Å². The van der Waals surface area contributed by atoms with Crippen LogP contribution in [0.1, 0.15) is 0 Å². The summed E-state index contributed by atoms with van der Waals surface area (Å²) in [5.41, 5.74) is 1.33. The Labute approximate surface area is 138 Å². The van der Waals surface area contributed by atoms with Gasteiger partial charge in [0, 0.05) is 9.58 Å². The van der Waals surface area contributed by atoms with Gasteiger partial charge in [-0.3, -0.25) is 0 Å². The number of hydrogen-bond donors (Lipinski definition) is 0. The summed E-state index contributed by atoms with van der Waals surface area (Å²) in [7, 11) is 0. The van der Waals surface area contributed by atoms with E-state index in [0.717, 1.165) is 0 Å². The monoisotopic (exact) mass is 310 g/mol. The molecule has 0 spiro atoms. The summed E-state index contributed by atoms with van der Waals surface area (Å²) in [5, 5.41) is 6.56. The van der Waals surface area contributed by atoms with Crippen molar-refractivity contribution in [2.75, 3.05) is 0 Å². The predicted molar refractivity (Wildman–Crippen MR) is 102 cm³/mol. The number of thiophene rings is 1. The maximum atomic E-state index is 2.32. The van der Waals surface area contributed by atoms with Crippen LogP contribution < -0.4 is 0 Å². The molecule has 0 saturated heterocycles. The Balaban J connectivity index is 1.84. The van der Waals surface area contributed by atoms with Crippen LogP contribution in [0, 0.1) is 0 Å². The van der Waals surface area contributed by atoms with Gasteiger partial charge in [0.1, 0.15) is 0 Å². The van der Waals surface area contributed by atoms with Crippen molar-refractivity contribution in [3.63, 3.8) is 0 Å². The first-order valence-electron chi connectivity index (χ1n) is 7.79. The minimum atomic E-state index is 1.30. The van der Waals surface area contributed by atoms with E-state index in [0.29, 0.717) is 0 Å². The Morgan fingerprint density at radius 3 is 2.04 bits per heavy atom. The molecule has 0 aliphatic heterocycles. The van der Waals surface area contributed by atoms with E-state index in [4.69, 9.17) is 0 Å². The van der Waals surface area contributed by atoms with Crippen LogP contribution in [0.4, 0.5) is 0 Å². The maximum Gasteiger partial charge on any atom is 0.0361 e. The quantitative estimate of drug-likeness (QED) is 0.296. The van der Waals surface area contributed by atoms with Crippen LogP contribution in [0.2, 0.25) is 0 Å². The van der Waals surface area contributed by atoms with Crippen LogP contribution in [-0.2, 0) is 0 Å². The van der Waals surface area contributed by atoms with E-state index in [9.17, 15) is 0 Å². The fourth-order valence-electron chi connectivity index (χ4n) is 3.30. The largest absolute Gasteiger partial charge is 0.135 e. The van der Waals surface area contributed by atoms with Crippen LogP contribution >= 0.6 is 11.3 Å². The molecule has 4 aromatic carbocycles. The summed E-state index contributed by atoms with van der Waals surface area (Å²) in [5.74, 6) is 0. The van der Waals surface area contributed by atoms with Gasteiger partial charge in [0.15, 0.2) is 0 Å². The summed E-state index contributed by atoms with van der Waals surface area (Å²) in [6.07, 6.45) is 0. The molecule has 1 heteroatoms. The molecule has 0 N–H and O–H groups in total. The van der Waals surface area contributed by atoms with Crippen molar-refractivity contribution >= 4 is 43.0 Å². The molecule has 0 unspecified atom stereocenters. The molecule has 1 heterocycles. The molecule has 0 radical (unpaired) electrons. The van der Waals surface area contributed by atoms with E-state index in [1.807, 2.05) is 11.3 Å². The molecule has 0 atom stereocenters. The third kappa shape index (κ3) is 2.05. The SMILES string of the molecule is c1ccc2cc3c(-c4cc5ccccc5s4)cccc3cc2c1. The first-order valence-corrected chi connectivity index (χ1v) is 8.61. The molecule has 5 rings (SSSR count). The van der Waals surface area contributed by atoms with Gasteiger partial charge in [-0.2, -0.15) is 0 Å². The van der Waals surface area contributed by atoms with Gasteiger partial charge in [0.25, 0.3) is 0 Å². The van der Waals surface area contributed by atoms with Crippen molar-refractivity contribution in [3.8, 4) is 10.4 Å². The molecule has 1 aromatic heterocycles. The first-order chi connectivity index (χ1) is 11.4. The van der Waals surface area contributed by atoms with Crippen LogP contribution in [0.5, 0.6) is 0 Å². The lowest BCUT2D eigenvalue weighted by atomic mass is 9.99. The predicted octanol–water partition coefficient (Wildman–Crippen LogP) is 6.87. The summed E-state index contributed by atoms with van der Waals surface area (Å²) in [4.78, 5) is 1.34.